The van der Waals surface area contributed by atoms with Crippen LogP contribution in [0.3, 0.4) is 0 Å². The van der Waals surface area contributed by atoms with Crippen LogP contribution in [0.4, 0.5) is 0 Å². The van der Waals surface area contributed by atoms with Gasteiger partial charge in [0.2, 0.25) is 0 Å². The number of fused-ring (bicyclic) bond motifs is 1. The summed E-state index contributed by atoms with van der Waals surface area (Å²) in [7, 11) is 0. The summed E-state index contributed by atoms with van der Waals surface area (Å²) in [5.41, 5.74) is 6.04. The Kier molecular flexibility index (Phi) is 7.45. The average Bonchev–Trinajstić information content (AvgIpc) is 3.24. The summed E-state index contributed by atoms with van der Waals surface area (Å²) in [5.74, 6) is 2.12. The molecule has 0 unspecified atom stereocenters. The second-order valence-electron chi connectivity index (χ2n) is 10.0. The maximum atomic E-state index is 6.20. The smallest absolute Gasteiger partial charge is 0.497 e. The van der Waals surface area contributed by atoms with E-state index in [-0.39, 0.29) is 31.9 Å². The van der Waals surface area contributed by atoms with Gasteiger partial charge >= 0.3 is 20.4 Å². The maximum absolute atomic E-state index is 6.20. The molecule has 0 spiro atoms. The Hall–Kier alpha value is -3.26. The number of para-hydroxylation sites is 2. The Morgan fingerprint density at radius 3 is 2.19 bits per heavy atom. The molecule has 0 aliphatic carbocycles. The van der Waals surface area contributed by atoms with Crippen molar-refractivity contribution in [2.45, 2.75) is 46.1 Å². The minimum Gasteiger partial charge on any atom is -0.497 e. The van der Waals surface area contributed by atoms with Crippen LogP contribution in [0, 0.1) is 12.1 Å². The van der Waals surface area contributed by atoms with Gasteiger partial charge in [-0.2, -0.15) is 0 Å². The molecule has 5 heteroatoms. The molecule has 4 nitrogen and oxygen atoms in total. The van der Waals surface area contributed by atoms with Crippen molar-refractivity contribution in [3.05, 3.63) is 96.7 Å². The Labute approximate surface area is 227 Å². The molecule has 5 rings (SSSR count). The SMILES string of the molecule is CC(C)n1c(-c2[c-]c(Oc3[c-]c(-c4cc(C(C)(C)C)ccn4)ccc3)ccc2)nc2ccccc21.[Pd+2]. The van der Waals surface area contributed by atoms with Gasteiger partial charge in [0.25, 0.3) is 0 Å². The third kappa shape index (κ3) is 5.28. The van der Waals surface area contributed by atoms with Crippen molar-refractivity contribution in [2.24, 2.45) is 0 Å². The van der Waals surface area contributed by atoms with Crippen molar-refractivity contribution >= 4 is 11.0 Å². The summed E-state index contributed by atoms with van der Waals surface area (Å²) in [6, 6.07) is 31.2. The number of hydrogen-bond donors (Lipinski definition) is 0. The molecular weight excluding hydrogens is 537 g/mol. The zero-order valence-electron chi connectivity index (χ0n) is 21.1. The van der Waals surface area contributed by atoms with Crippen LogP contribution in [0.1, 0.15) is 46.2 Å². The predicted molar refractivity (Wildman–Crippen MR) is 142 cm³/mol. The van der Waals surface area contributed by atoms with Crippen molar-refractivity contribution in [1.82, 2.24) is 14.5 Å². The van der Waals surface area contributed by atoms with E-state index in [2.05, 4.69) is 74.5 Å². The van der Waals surface area contributed by atoms with E-state index in [0.29, 0.717) is 11.5 Å². The standard InChI is InChI=1S/C31H29N3O.Pd/c1-21(2)34-29-15-7-6-14-27(29)33-30(34)23-11-9-13-26(19-23)35-25-12-8-10-22(18-25)28-20-24(16-17-32-28)31(3,4)5;/h6-17,20-21H,1-5H3;/q-2;+2. The number of imidazole rings is 1. The van der Waals surface area contributed by atoms with Gasteiger partial charge in [0.05, 0.1) is 16.9 Å². The maximum Gasteiger partial charge on any atom is 2.00 e. The molecule has 5 aromatic rings. The number of nitrogens with zero attached hydrogens (tertiary/aromatic N) is 3. The molecule has 0 saturated carbocycles. The van der Waals surface area contributed by atoms with Crippen molar-refractivity contribution < 1.29 is 25.2 Å². The normalized spacial score (nSPS) is 11.5. The van der Waals surface area contributed by atoms with Crippen molar-refractivity contribution in [3.63, 3.8) is 0 Å². The number of rotatable bonds is 5. The fourth-order valence-electron chi connectivity index (χ4n) is 4.21. The van der Waals surface area contributed by atoms with Gasteiger partial charge in [-0.05, 0) is 48.7 Å². The van der Waals surface area contributed by atoms with E-state index in [1.54, 1.807) is 0 Å². The quantitative estimate of drug-likeness (QED) is 0.160. The van der Waals surface area contributed by atoms with E-state index < -0.39 is 0 Å². The molecule has 0 saturated heterocycles. The number of benzene rings is 3. The molecule has 0 fully saturated rings. The molecule has 0 N–H and O–H groups in total. The van der Waals surface area contributed by atoms with Gasteiger partial charge in [-0.25, -0.2) is 0 Å². The minimum absolute atomic E-state index is 0. The van der Waals surface area contributed by atoms with E-state index in [4.69, 9.17) is 9.72 Å². The van der Waals surface area contributed by atoms with Crippen LogP contribution in [-0.4, -0.2) is 14.5 Å². The van der Waals surface area contributed by atoms with Crippen LogP contribution >= 0.6 is 0 Å². The van der Waals surface area contributed by atoms with E-state index in [0.717, 1.165) is 33.7 Å². The van der Waals surface area contributed by atoms with Crippen molar-refractivity contribution in [1.29, 1.82) is 0 Å². The van der Waals surface area contributed by atoms with Crippen LogP contribution in [0.25, 0.3) is 33.7 Å². The van der Waals surface area contributed by atoms with Gasteiger partial charge in [0.15, 0.2) is 0 Å². The molecule has 0 aliphatic heterocycles. The third-order valence-electron chi connectivity index (χ3n) is 6.01. The molecular formula is C31H29N3OPd. The van der Waals surface area contributed by atoms with Crippen molar-refractivity contribution in [3.8, 4) is 34.1 Å². The van der Waals surface area contributed by atoms with Gasteiger partial charge in [-0.3, -0.25) is 4.98 Å². The largest absolute Gasteiger partial charge is 2.00 e. The Morgan fingerprint density at radius 2 is 1.50 bits per heavy atom. The average molecular weight is 566 g/mol. The molecule has 36 heavy (non-hydrogen) atoms. The fraction of sp³-hybridized carbons (Fsp3) is 0.226. The topological polar surface area (TPSA) is 39.9 Å². The van der Waals surface area contributed by atoms with Crippen LogP contribution in [0.15, 0.2) is 79.0 Å². The monoisotopic (exact) mass is 565 g/mol. The number of ether oxygens (including phenoxy) is 1. The molecule has 0 aliphatic rings. The summed E-state index contributed by atoms with van der Waals surface area (Å²) in [5, 5.41) is 0. The Balaban J connectivity index is 0.00000304. The van der Waals surface area contributed by atoms with Crippen LogP contribution in [0.5, 0.6) is 11.5 Å². The van der Waals surface area contributed by atoms with Gasteiger partial charge in [0.1, 0.15) is 0 Å². The van der Waals surface area contributed by atoms with E-state index in [1.165, 1.54) is 5.56 Å². The molecule has 0 atom stereocenters. The summed E-state index contributed by atoms with van der Waals surface area (Å²) in [4.78, 5) is 9.46. The zero-order valence-corrected chi connectivity index (χ0v) is 22.7. The van der Waals surface area contributed by atoms with Crippen LogP contribution < -0.4 is 4.74 Å². The Bertz CT molecular complexity index is 1500. The second-order valence-corrected chi connectivity index (χ2v) is 10.0. The zero-order chi connectivity index (χ0) is 24.6. The first-order chi connectivity index (χ1) is 16.8. The van der Waals surface area contributed by atoms with E-state index in [9.17, 15) is 0 Å². The molecule has 0 bridgehead atoms. The van der Waals surface area contributed by atoms with Crippen LogP contribution in [-0.2, 0) is 25.8 Å². The van der Waals surface area contributed by atoms with Gasteiger partial charge in [-0.1, -0.05) is 51.1 Å². The molecule has 0 radical (unpaired) electrons. The number of hydrogen-bond acceptors (Lipinski definition) is 3. The molecule has 0 amide bonds. The minimum atomic E-state index is 0. The first kappa shape index (κ1) is 25.8. The summed E-state index contributed by atoms with van der Waals surface area (Å²) in [6.45, 7) is 10.9. The van der Waals surface area contributed by atoms with Gasteiger partial charge in [0, 0.05) is 23.7 Å². The molecule has 3 aromatic carbocycles. The molecule has 2 heterocycles. The van der Waals surface area contributed by atoms with E-state index in [1.807, 2.05) is 60.8 Å². The Morgan fingerprint density at radius 1 is 0.833 bits per heavy atom. The predicted octanol–water partition coefficient (Wildman–Crippen LogP) is 8.03. The van der Waals surface area contributed by atoms with Crippen LogP contribution in [0.2, 0.25) is 0 Å². The van der Waals surface area contributed by atoms with E-state index >= 15 is 0 Å². The fourth-order valence-corrected chi connectivity index (χ4v) is 4.21. The summed E-state index contributed by atoms with van der Waals surface area (Å²) in [6.07, 6.45) is 1.86. The number of pyridine rings is 1. The third-order valence-corrected chi connectivity index (χ3v) is 6.01. The van der Waals surface area contributed by atoms with Gasteiger partial charge < -0.3 is 14.3 Å². The van der Waals surface area contributed by atoms with Gasteiger partial charge in [-0.15, -0.1) is 47.5 Å². The van der Waals surface area contributed by atoms with Crippen molar-refractivity contribution in [2.75, 3.05) is 0 Å². The summed E-state index contributed by atoms with van der Waals surface area (Å²) >= 11 is 0. The first-order valence-electron chi connectivity index (χ1n) is 12.0. The first-order valence-corrected chi connectivity index (χ1v) is 12.0. The molecule has 184 valence electrons. The number of aromatic nitrogens is 3. The second kappa shape index (κ2) is 10.4. The summed E-state index contributed by atoms with van der Waals surface area (Å²) < 4.78 is 8.44. The molecule has 2 aromatic heterocycles.